The van der Waals surface area contributed by atoms with Crippen molar-refractivity contribution in [1.29, 1.82) is 0 Å². The molecule has 0 unspecified atom stereocenters. The second-order valence-electron chi connectivity index (χ2n) is 4.38. The number of benzene rings is 1. The fourth-order valence-corrected chi connectivity index (χ4v) is 1.75. The van der Waals surface area contributed by atoms with Gasteiger partial charge in [-0.15, -0.1) is 0 Å². The molecule has 5 nitrogen and oxygen atoms in total. The summed E-state index contributed by atoms with van der Waals surface area (Å²) in [5, 5.41) is 14.4. The third-order valence-corrected chi connectivity index (χ3v) is 2.64. The first-order valence-electron chi connectivity index (χ1n) is 6.37. The normalized spacial score (nSPS) is 10.2. The van der Waals surface area contributed by atoms with Crippen LogP contribution in [0.25, 0.3) is 0 Å². The highest BCUT2D eigenvalue weighted by Gasteiger charge is 2.04. The fourth-order valence-electron chi connectivity index (χ4n) is 1.75. The van der Waals surface area contributed by atoms with Crippen molar-refractivity contribution in [1.82, 2.24) is 5.32 Å². The number of unbranched alkanes of at least 4 members (excludes halogenated alkanes) is 1. The quantitative estimate of drug-likeness (QED) is 0.627. The van der Waals surface area contributed by atoms with Crippen molar-refractivity contribution in [2.45, 2.75) is 32.2 Å². The Kier molecular flexibility index (Phi) is 6.60. The first-order valence-corrected chi connectivity index (χ1v) is 6.37. The van der Waals surface area contributed by atoms with Crippen LogP contribution in [0.2, 0.25) is 0 Å². The van der Waals surface area contributed by atoms with Gasteiger partial charge in [-0.3, -0.25) is 9.59 Å². The number of rotatable bonds is 8. The average molecular weight is 264 g/mol. The third kappa shape index (κ3) is 6.57. The molecular formula is C14H20N2O3. The van der Waals surface area contributed by atoms with Crippen molar-refractivity contribution >= 4 is 17.6 Å². The number of carboxylic acids is 1. The van der Waals surface area contributed by atoms with E-state index in [2.05, 4.69) is 10.6 Å². The standard InChI is InChI=1S/C14H20N2O3/c1-15-10-11-5-4-6-12(9-11)16-13(17)7-2-3-8-14(18)19/h4-6,9,15H,2-3,7-8,10H2,1H3,(H,16,17)(H,18,19). The van der Waals surface area contributed by atoms with Gasteiger partial charge in [0.1, 0.15) is 0 Å². The number of hydrogen-bond acceptors (Lipinski definition) is 3. The molecule has 0 aliphatic heterocycles. The summed E-state index contributed by atoms with van der Waals surface area (Å²) in [6.45, 7) is 0.752. The molecule has 104 valence electrons. The molecule has 0 atom stereocenters. The van der Waals surface area contributed by atoms with Crippen molar-refractivity contribution in [2.24, 2.45) is 0 Å². The maximum absolute atomic E-state index is 11.7. The van der Waals surface area contributed by atoms with Crippen LogP contribution in [0.3, 0.4) is 0 Å². The van der Waals surface area contributed by atoms with Gasteiger partial charge in [0.05, 0.1) is 0 Å². The summed E-state index contributed by atoms with van der Waals surface area (Å²) in [4.78, 5) is 22.0. The summed E-state index contributed by atoms with van der Waals surface area (Å²) in [5.41, 5.74) is 1.88. The summed E-state index contributed by atoms with van der Waals surface area (Å²) in [6, 6.07) is 7.64. The lowest BCUT2D eigenvalue weighted by Crippen LogP contribution is -2.12. The minimum atomic E-state index is -0.819. The zero-order valence-electron chi connectivity index (χ0n) is 11.1. The van der Waals surface area contributed by atoms with Crippen molar-refractivity contribution in [3.63, 3.8) is 0 Å². The maximum Gasteiger partial charge on any atom is 0.303 e. The Bertz CT molecular complexity index is 432. The molecule has 0 radical (unpaired) electrons. The molecule has 0 aliphatic carbocycles. The molecule has 0 bridgehead atoms. The number of nitrogens with one attached hydrogen (secondary N) is 2. The van der Waals surface area contributed by atoms with Crippen LogP contribution >= 0.6 is 0 Å². The lowest BCUT2D eigenvalue weighted by Gasteiger charge is -2.07. The molecule has 0 saturated heterocycles. The number of anilines is 1. The number of aliphatic carboxylic acids is 1. The van der Waals surface area contributed by atoms with Crippen LogP contribution < -0.4 is 10.6 Å². The van der Waals surface area contributed by atoms with Crippen molar-refractivity contribution in [2.75, 3.05) is 12.4 Å². The average Bonchev–Trinajstić information content (AvgIpc) is 2.35. The van der Waals surface area contributed by atoms with Gasteiger partial charge in [0.15, 0.2) is 0 Å². The molecular weight excluding hydrogens is 244 g/mol. The van der Waals surface area contributed by atoms with E-state index >= 15 is 0 Å². The molecule has 0 fully saturated rings. The minimum absolute atomic E-state index is 0.0769. The number of hydrogen-bond donors (Lipinski definition) is 3. The third-order valence-electron chi connectivity index (χ3n) is 2.64. The molecule has 0 spiro atoms. The van der Waals surface area contributed by atoms with E-state index in [0.29, 0.717) is 19.3 Å². The van der Waals surface area contributed by atoms with Crippen molar-refractivity contribution in [3.8, 4) is 0 Å². The minimum Gasteiger partial charge on any atom is -0.481 e. The van der Waals surface area contributed by atoms with Gasteiger partial charge >= 0.3 is 5.97 Å². The van der Waals surface area contributed by atoms with Crippen LogP contribution in [-0.4, -0.2) is 24.0 Å². The summed E-state index contributed by atoms with van der Waals surface area (Å²) >= 11 is 0. The lowest BCUT2D eigenvalue weighted by molar-refractivity contribution is -0.137. The van der Waals surface area contributed by atoms with Crippen molar-refractivity contribution < 1.29 is 14.7 Å². The van der Waals surface area contributed by atoms with E-state index in [-0.39, 0.29) is 12.3 Å². The van der Waals surface area contributed by atoms with E-state index in [4.69, 9.17) is 5.11 Å². The van der Waals surface area contributed by atoms with E-state index in [1.54, 1.807) is 0 Å². The molecule has 0 heterocycles. The molecule has 0 saturated carbocycles. The summed E-state index contributed by atoms with van der Waals surface area (Å²) < 4.78 is 0. The van der Waals surface area contributed by atoms with Crippen LogP contribution in [-0.2, 0) is 16.1 Å². The van der Waals surface area contributed by atoms with E-state index < -0.39 is 5.97 Å². The van der Waals surface area contributed by atoms with E-state index in [9.17, 15) is 9.59 Å². The molecule has 5 heteroatoms. The Morgan fingerprint density at radius 3 is 2.63 bits per heavy atom. The van der Waals surface area contributed by atoms with Gasteiger partial charge in [-0.1, -0.05) is 12.1 Å². The topological polar surface area (TPSA) is 78.4 Å². The van der Waals surface area contributed by atoms with Crippen LogP contribution in [0.1, 0.15) is 31.2 Å². The lowest BCUT2D eigenvalue weighted by atomic mass is 10.1. The molecule has 1 rings (SSSR count). The first-order chi connectivity index (χ1) is 9.11. The molecule has 0 aliphatic rings. The van der Waals surface area contributed by atoms with Gasteiger partial charge in [-0.25, -0.2) is 0 Å². The number of carbonyl (C=O) groups excluding carboxylic acids is 1. The van der Waals surface area contributed by atoms with Gasteiger partial charge < -0.3 is 15.7 Å². The van der Waals surface area contributed by atoms with Crippen LogP contribution in [0, 0.1) is 0 Å². The fraction of sp³-hybridized carbons (Fsp3) is 0.429. The molecule has 0 aromatic heterocycles. The monoisotopic (exact) mass is 264 g/mol. The maximum atomic E-state index is 11.7. The van der Waals surface area contributed by atoms with Gasteiger partial charge in [0, 0.05) is 25.1 Å². The molecule has 1 aromatic rings. The molecule has 1 aromatic carbocycles. The Morgan fingerprint density at radius 1 is 1.21 bits per heavy atom. The smallest absolute Gasteiger partial charge is 0.303 e. The van der Waals surface area contributed by atoms with Gasteiger partial charge in [0.2, 0.25) is 5.91 Å². The summed E-state index contributed by atoms with van der Waals surface area (Å²) in [6.07, 6.45) is 1.59. The predicted molar refractivity (Wildman–Crippen MR) is 73.9 cm³/mol. The SMILES string of the molecule is CNCc1cccc(NC(=O)CCCCC(=O)O)c1. The van der Waals surface area contributed by atoms with Crippen LogP contribution in [0.4, 0.5) is 5.69 Å². The first kappa shape index (κ1) is 15.2. The summed E-state index contributed by atoms with van der Waals surface area (Å²) in [7, 11) is 1.87. The Balaban J connectivity index is 2.35. The Morgan fingerprint density at radius 2 is 1.95 bits per heavy atom. The molecule has 3 N–H and O–H groups in total. The van der Waals surface area contributed by atoms with Crippen molar-refractivity contribution in [3.05, 3.63) is 29.8 Å². The van der Waals surface area contributed by atoms with Gasteiger partial charge in [-0.05, 0) is 37.6 Å². The highest BCUT2D eigenvalue weighted by molar-refractivity contribution is 5.90. The molecule has 19 heavy (non-hydrogen) atoms. The predicted octanol–water partition coefficient (Wildman–Crippen LogP) is 1.99. The number of carbonyl (C=O) groups is 2. The van der Waals surface area contributed by atoms with Crippen LogP contribution in [0.5, 0.6) is 0 Å². The highest BCUT2D eigenvalue weighted by Crippen LogP contribution is 2.11. The highest BCUT2D eigenvalue weighted by atomic mass is 16.4. The van der Waals surface area contributed by atoms with E-state index in [0.717, 1.165) is 17.8 Å². The second-order valence-corrected chi connectivity index (χ2v) is 4.38. The number of amides is 1. The zero-order valence-corrected chi connectivity index (χ0v) is 11.1. The second kappa shape index (κ2) is 8.26. The Labute approximate surface area is 113 Å². The van der Waals surface area contributed by atoms with Crippen LogP contribution in [0.15, 0.2) is 24.3 Å². The largest absolute Gasteiger partial charge is 0.481 e. The van der Waals surface area contributed by atoms with E-state index in [1.807, 2.05) is 31.3 Å². The Hall–Kier alpha value is -1.88. The van der Waals surface area contributed by atoms with Gasteiger partial charge in [-0.2, -0.15) is 0 Å². The summed E-state index contributed by atoms with van der Waals surface area (Å²) in [5.74, 6) is -0.896. The number of carboxylic acid groups (broad SMARTS) is 1. The zero-order chi connectivity index (χ0) is 14.1. The van der Waals surface area contributed by atoms with Gasteiger partial charge in [0.25, 0.3) is 0 Å². The molecule has 1 amide bonds. The van der Waals surface area contributed by atoms with E-state index in [1.165, 1.54) is 0 Å².